The topological polar surface area (TPSA) is 92.6 Å². The molecule has 0 bridgehead atoms. The van der Waals surface area contributed by atoms with Crippen LogP contribution in [0.3, 0.4) is 0 Å². The van der Waals surface area contributed by atoms with E-state index in [-0.39, 0.29) is 54.1 Å². The van der Waals surface area contributed by atoms with Crippen LogP contribution in [0, 0.1) is 6.92 Å². The molecule has 8 nitrogen and oxygen atoms in total. The van der Waals surface area contributed by atoms with Crippen LogP contribution in [0.1, 0.15) is 5.56 Å². The molecule has 0 aliphatic carbocycles. The van der Waals surface area contributed by atoms with Gasteiger partial charge in [0, 0.05) is 26.2 Å². The summed E-state index contributed by atoms with van der Waals surface area (Å²) in [5, 5.41) is 0.630. The molecule has 4 rings (SSSR count). The van der Waals surface area contributed by atoms with Gasteiger partial charge in [-0.1, -0.05) is 35.4 Å². The normalized spacial score (nSPS) is 15.4. The molecule has 0 atom stereocenters. The van der Waals surface area contributed by atoms with E-state index < -0.39 is 10.0 Å². The first-order chi connectivity index (χ1) is 14.8. The van der Waals surface area contributed by atoms with E-state index in [0.717, 1.165) is 5.56 Å². The zero-order valence-electron chi connectivity index (χ0n) is 16.9. The lowest BCUT2D eigenvalue weighted by atomic mass is 10.2. The number of hydrogen-bond acceptors (Lipinski definition) is 5. The van der Waals surface area contributed by atoms with Crippen LogP contribution >= 0.6 is 11.6 Å². The second-order valence-electron chi connectivity index (χ2n) is 7.41. The SMILES string of the molecule is Cc1ccc2ncn(CC(=O)N3CCN(S(=O)(=O)c4ccccc4Cl)CC3)c(=O)c2c1. The Balaban J connectivity index is 1.46. The van der Waals surface area contributed by atoms with Crippen LogP contribution in [0.4, 0.5) is 0 Å². The summed E-state index contributed by atoms with van der Waals surface area (Å²) in [5.74, 6) is -0.259. The van der Waals surface area contributed by atoms with Crippen molar-refractivity contribution in [1.82, 2.24) is 18.8 Å². The summed E-state index contributed by atoms with van der Waals surface area (Å²) in [5.41, 5.74) is 1.24. The predicted molar refractivity (Wildman–Crippen MR) is 118 cm³/mol. The van der Waals surface area contributed by atoms with E-state index in [1.54, 1.807) is 29.2 Å². The highest BCUT2D eigenvalue weighted by atomic mass is 35.5. The van der Waals surface area contributed by atoms with Gasteiger partial charge in [0.15, 0.2) is 0 Å². The maximum absolute atomic E-state index is 12.9. The Morgan fingerprint density at radius 3 is 2.52 bits per heavy atom. The predicted octanol–water partition coefficient (Wildman–Crippen LogP) is 1.89. The Morgan fingerprint density at radius 2 is 1.81 bits per heavy atom. The smallest absolute Gasteiger partial charge is 0.261 e. The molecule has 31 heavy (non-hydrogen) atoms. The van der Waals surface area contributed by atoms with Gasteiger partial charge in [0.05, 0.1) is 22.3 Å². The van der Waals surface area contributed by atoms with E-state index in [2.05, 4.69) is 4.98 Å². The van der Waals surface area contributed by atoms with Gasteiger partial charge >= 0.3 is 0 Å². The van der Waals surface area contributed by atoms with Crippen molar-refractivity contribution in [2.24, 2.45) is 0 Å². The minimum atomic E-state index is -3.74. The molecule has 1 amide bonds. The second kappa shape index (κ2) is 8.41. The fourth-order valence-electron chi connectivity index (χ4n) is 3.60. The lowest BCUT2D eigenvalue weighted by Crippen LogP contribution is -2.51. The molecular weight excluding hydrogens is 440 g/mol. The van der Waals surface area contributed by atoms with Gasteiger partial charge in [-0.15, -0.1) is 0 Å². The first-order valence-corrected chi connectivity index (χ1v) is 11.6. The Hall–Kier alpha value is -2.75. The van der Waals surface area contributed by atoms with E-state index in [9.17, 15) is 18.0 Å². The Morgan fingerprint density at radius 1 is 1.10 bits per heavy atom. The Bertz CT molecular complexity index is 1310. The molecule has 1 fully saturated rings. The number of carbonyl (C=O) groups is 1. The average molecular weight is 461 g/mol. The molecule has 0 N–H and O–H groups in total. The van der Waals surface area contributed by atoms with Gasteiger partial charge in [-0.25, -0.2) is 13.4 Å². The molecule has 3 aromatic rings. The van der Waals surface area contributed by atoms with Gasteiger partial charge in [-0.3, -0.25) is 14.2 Å². The average Bonchev–Trinajstić information content (AvgIpc) is 2.76. The number of aryl methyl sites for hydroxylation is 1. The highest BCUT2D eigenvalue weighted by Gasteiger charge is 2.31. The van der Waals surface area contributed by atoms with Crippen LogP contribution in [-0.4, -0.2) is 59.3 Å². The minimum absolute atomic E-state index is 0.0560. The highest BCUT2D eigenvalue weighted by Crippen LogP contribution is 2.25. The molecule has 1 saturated heterocycles. The molecule has 1 aliphatic heterocycles. The number of rotatable bonds is 4. The molecule has 2 aromatic carbocycles. The molecule has 10 heteroatoms. The van der Waals surface area contributed by atoms with Crippen LogP contribution in [-0.2, 0) is 21.4 Å². The molecular formula is C21H21ClN4O4S. The van der Waals surface area contributed by atoms with E-state index in [0.29, 0.717) is 10.9 Å². The lowest BCUT2D eigenvalue weighted by molar-refractivity contribution is -0.133. The molecule has 1 aromatic heterocycles. The third-order valence-corrected chi connectivity index (χ3v) is 7.73. The number of amides is 1. The molecule has 2 heterocycles. The Kier molecular flexibility index (Phi) is 5.83. The quantitative estimate of drug-likeness (QED) is 0.592. The molecule has 0 spiro atoms. The number of carbonyl (C=O) groups excluding carboxylic acids is 1. The number of benzene rings is 2. The number of hydrogen-bond donors (Lipinski definition) is 0. The zero-order valence-corrected chi connectivity index (χ0v) is 18.4. The maximum Gasteiger partial charge on any atom is 0.261 e. The lowest BCUT2D eigenvalue weighted by Gasteiger charge is -2.34. The van der Waals surface area contributed by atoms with Crippen LogP contribution in [0.5, 0.6) is 0 Å². The summed E-state index contributed by atoms with van der Waals surface area (Å²) < 4.78 is 28.3. The van der Waals surface area contributed by atoms with Crippen molar-refractivity contribution < 1.29 is 13.2 Å². The molecule has 0 radical (unpaired) electrons. The standard InChI is InChI=1S/C21H21ClN4O4S/c1-15-6-7-18-16(12-15)21(28)25(14-23-18)13-20(27)24-8-10-26(11-9-24)31(29,30)19-5-3-2-4-17(19)22/h2-7,12,14H,8-11,13H2,1H3. The number of nitrogens with zero attached hydrogens (tertiary/aromatic N) is 4. The maximum atomic E-state index is 12.9. The first-order valence-electron chi connectivity index (χ1n) is 9.75. The minimum Gasteiger partial charge on any atom is -0.338 e. The van der Waals surface area contributed by atoms with Gasteiger partial charge in [0.25, 0.3) is 5.56 Å². The number of piperazine rings is 1. The zero-order chi connectivity index (χ0) is 22.2. The third-order valence-electron chi connectivity index (χ3n) is 5.33. The van der Waals surface area contributed by atoms with Crippen molar-refractivity contribution in [3.63, 3.8) is 0 Å². The van der Waals surface area contributed by atoms with Gasteiger partial charge in [-0.2, -0.15) is 4.31 Å². The van der Waals surface area contributed by atoms with Crippen LogP contribution in [0.2, 0.25) is 5.02 Å². The summed E-state index contributed by atoms with van der Waals surface area (Å²) in [7, 11) is -3.74. The van der Waals surface area contributed by atoms with Crippen molar-refractivity contribution in [2.75, 3.05) is 26.2 Å². The summed E-state index contributed by atoms with van der Waals surface area (Å²) in [6, 6.07) is 11.7. The molecule has 0 unspecified atom stereocenters. The highest BCUT2D eigenvalue weighted by molar-refractivity contribution is 7.89. The van der Waals surface area contributed by atoms with Crippen molar-refractivity contribution in [3.8, 4) is 0 Å². The monoisotopic (exact) mass is 460 g/mol. The van der Waals surface area contributed by atoms with E-state index in [1.165, 1.54) is 27.3 Å². The van der Waals surface area contributed by atoms with Crippen LogP contribution < -0.4 is 5.56 Å². The molecule has 0 saturated carbocycles. The first kappa shape index (κ1) is 21.5. The van der Waals surface area contributed by atoms with Gasteiger partial charge in [-0.05, 0) is 31.2 Å². The van der Waals surface area contributed by atoms with Gasteiger partial charge in [0.2, 0.25) is 15.9 Å². The van der Waals surface area contributed by atoms with Crippen molar-refractivity contribution in [3.05, 3.63) is 69.7 Å². The molecule has 162 valence electrons. The summed E-state index contributed by atoms with van der Waals surface area (Å²) in [6.07, 6.45) is 1.37. The van der Waals surface area contributed by atoms with Crippen molar-refractivity contribution in [2.45, 2.75) is 18.4 Å². The van der Waals surface area contributed by atoms with Crippen LogP contribution in [0.25, 0.3) is 10.9 Å². The van der Waals surface area contributed by atoms with Crippen LogP contribution in [0.15, 0.2) is 58.5 Å². The summed E-state index contributed by atoms with van der Waals surface area (Å²) in [4.78, 5) is 31.4. The number of aromatic nitrogens is 2. The van der Waals surface area contributed by atoms with Crippen molar-refractivity contribution >= 4 is 38.4 Å². The second-order valence-corrected chi connectivity index (χ2v) is 9.73. The van der Waals surface area contributed by atoms with Gasteiger partial charge < -0.3 is 4.90 Å². The molecule has 1 aliphatic rings. The Labute approximate surface area is 184 Å². The number of halogens is 1. The summed E-state index contributed by atoms with van der Waals surface area (Å²) >= 11 is 6.05. The van der Waals surface area contributed by atoms with Crippen molar-refractivity contribution in [1.29, 1.82) is 0 Å². The summed E-state index contributed by atoms with van der Waals surface area (Å²) in [6.45, 7) is 2.52. The van der Waals surface area contributed by atoms with E-state index >= 15 is 0 Å². The van der Waals surface area contributed by atoms with E-state index in [1.807, 2.05) is 13.0 Å². The largest absolute Gasteiger partial charge is 0.338 e. The fraction of sp³-hybridized carbons (Fsp3) is 0.286. The number of fused-ring (bicyclic) bond motifs is 1. The third kappa shape index (κ3) is 4.21. The van der Waals surface area contributed by atoms with Gasteiger partial charge in [0.1, 0.15) is 11.4 Å². The van der Waals surface area contributed by atoms with E-state index in [4.69, 9.17) is 11.6 Å². The number of sulfonamides is 1. The fourth-order valence-corrected chi connectivity index (χ4v) is 5.52.